The Kier molecular flexibility index (Phi) is 3.16. The Balaban J connectivity index is 2.14. The van der Waals surface area contributed by atoms with Crippen LogP contribution in [0.3, 0.4) is 0 Å². The smallest absolute Gasteiger partial charge is 0.128 e. The standard InChI is InChI=1S/C11H20N4O/c1-8-10(11(12-2)14(3)13-8)7-15-5-4-9(16)6-15/h9,12,16H,4-7H2,1-3H3. The molecular weight excluding hydrogens is 204 g/mol. The van der Waals surface area contributed by atoms with Gasteiger partial charge in [0, 0.05) is 39.3 Å². The summed E-state index contributed by atoms with van der Waals surface area (Å²) in [7, 11) is 3.86. The number of aliphatic hydroxyl groups excluding tert-OH is 1. The Morgan fingerprint density at radius 3 is 2.88 bits per heavy atom. The van der Waals surface area contributed by atoms with Gasteiger partial charge in [0.2, 0.25) is 0 Å². The molecule has 0 aromatic carbocycles. The van der Waals surface area contributed by atoms with Gasteiger partial charge in [0.05, 0.1) is 11.8 Å². The van der Waals surface area contributed by atoms with Crippen molar-refractivity contribution >= 4 is 5.82 Å². The summed E-state index contributed by atoms with van der Waals surface area (Å²) in [5.74, 6) is 1.07. The predicted octanol–water partition coefficient (Wildman–Crippen LogP) is 0.337. The highest BCUT2D eigenvalue weighted by molar-refractivity contribution is 5.46. The number of hydrogen-bond acceptors (Lipinski definition) is 4. The fourth-order valence-electron chi connectivity index (χ4n) is 2.38. The summed E-state index contributed by atoms with van der Waals surface area (Å²) < 4.78 is 1.87. The first kappa shape index (κ1) is 11.4. The van der Waals surface area contributed by atoms with Gasteiger partial charge >= 0.3 is 0 Å². The number of β-amino-alcohol motifs (C(OH)–C–C–N with tert-alkyl or cyclic N) is 1. The number of aromatic nitrogens is 2. The van der Waals surface area contributed by atoms with Crippen molar-refractivity contribution in [2.75, 3.05) is 25.5 Å². The van der Waals surface area contributed by atoms with Gasteiger partial charge < -0.3 is 10.4 Å². The van der Waals surface area contributed by atoms with Crippen LogP contribution in [0.2, 0.25) is 0 Å². The number of aliphatic hydroxyl groups is 1. The SMILES string of the molecule is CNc1c(CN2CCC(O)C2)c(C)nn1C. The molecule has 2 heterocycles. The molecule has 5 heteroatoms. The molecule has 1 aromatic heterocycles. The van der Waals surface area contributed by atoms with Crippen molar-refractivity contribution in [1.82, 2.24) is 14.7 Å². The number of likely N-dealkylation sites (tertiary alicyclic amines) is 1. The van der Waals surface area contributed by atoms with E-state index in [9.17, 15) is 5.11 Å². The minimum Gasteiger partial charge on any atom is -0.392 e. The van der Waals surface area contributed by atoms with E-state index < -0.39 is 0 Å². The normalized spacial score (nSPS) is 21.6. The van der Waals surface area contributed by atoms with Crippen molar-refractivity contribution in [1.29, 1.82) is 0 Å². The maximum absolute atomic E-state index is 9.50. The molecule has 0 saturated carbocycles. The van der Waals surface area contributed by atoms with E-state index in [0.717, 1.165) is 37.6 Å². The first-order valence-electron chi connectivity index (χ1n) is 5.72. The maximum atomic E-state index is 9.50. The van der Waals surface area contributed by atoms with Crippen LogP contribution in [0.4, 0.5) is 5.82 Å². The molecule has 1 fully saturated rings. The zero-order valence-electron chi connectivity index (χ0n) is 10.2. The van der Waals surface area contributed by atoms with Crippen LogP contribution in [0.15, 0.2) is 0 Å². The summed E-state index contributed by atoms with van der Waals surface area (Å²) in [6.07, 6.45) is 0.726. The van der Waals surface area contributed by atoms with Crippen LogP contribution >= 0.6 is 0 Å². The molecule has 0 bridgehead atoms. The van der Waals surface area contributed by atoms with E-state index in [-0.39, 0.29) is 6.10 Å². The minimum absolute atomic E-state index is 0.157. The number of nitrogens with one attached hydrogen (secondary N) is 1. The van der Waals surface area contributed by atoms with E-state index in [0.29, 0.717) is 0 Å². The zero-order chi connectivity index (χ0) is 11.7. The first-order chi connectivity index (χ1) is 7.61. The highest BCUT2D eigenvalue weighted by Gasteiger charge is 2.23. The second-order valence-electron chi connectivity index (χ2n) is 4.46. The van der Waals surface area contributed by atoms with Crippen LogP contribution in [0.1, 0.15) is 17.7 Å². The van der Waals surface area contributed by atoms with Crippen molar-refractivity contribution in [3.8, 4) is 0 Å². The lowest BCUT2D eigenvalue weighted by Gasteiger charge is -2.15. The van der Waals surface area contributed by atoms with Crippen molar-refractivity contribution < 1.29 is 5.11 Å². The molecule has 0 radical (unpaired) electrons. The monoisotopic (exact) mass is 224 g/mol. The molecule has 1 atom stereocenters. The second-order valence-corrected chi connectivity index (χ2v) is 4.46. The van der Waals surface area contributed by atoms with Crippen molar-refractivity contribution in [3.63, 3.8) is 0 Å². The van der Waals surface area contributed by atoms with Crippen LogP contribution in [0.5, 0.6) is 0 Å². The van der Waals surface area contributed by atoms with Gasteiger partial charge in [-0.1, -0.05) is 0 Å². The minimum atomic E-state index is -0.157. The highest BCUT2D eigenvalue weighted by Crippen LogP contribution is 2.22. The summed E-state index contributed by atoms with van der Waals surface area (Å²) in [5.41, 5.74) is 2.30. The maximum Gasteiger partial charge on any atom is 0.128 e. The molecule has 0 spiro atoms. The lowest BCUT2D eigenvalue weighted by atomic mass is 10.2. The Hall–Kier alpha value is -1.07. The number of hydrogen-bond donors (Lipinski definition) is 2. The topological polar surface area (TPSA) is 53.3 Å². The Morgan fingerprint density at radius 2 is 2.31 bits per heavy atom. The molecule has 0 amide bonds. The van der Waals surface area contributed by atoms with E-state index in [1.54, 1.807) is 0 Å². The third-order valence-electron chi connectivity index (χ3n) is 3.21. The summed E-state index contributed by atoms with van der Waals surface area (Å²) in [4.78, 5) is 2.27. The molecule has 1 saturated heterocycles. The van der Waals surface area contributed by atoms with E-state index in [4.69, 9.17) is 0 Å². The van der Waals surface area contributed by atoms with Crippen LogP contribution in [0, 0.1) is 6.92 Å². The Morgan fingerprint density at radius 1 is 1.56 bits per heavy atom. The molecule has 16 heavy (non-hydrogen) atoms. The highest BCUT2D eigenvalue weighted by atomic mass is 16.3. The van der Waals surface area contributed by atoms with Gasteiger partial charge in [-0.15, -0.1) is 0 Å². The first-order valence-corrected chi connectivity index (χ1v) is 5.72. The molecule has 2 rings (SSSR count). The lowest BCUT2D eigenvalue weighted by molar-refractivity contribution is 0.175. The predicted molar refractivity (Wildman–Crippen MR) is 63.4 cm³/mol. The van der Waals surface area contributed by atoms with Crippen LogP contribution in [-0.2, 0) is 13.6 Å². The van der Waals surface area contributed by atoms with Gasteiger partial charge in [0.1, 0.15) is 5.82 Å². The molecular formula is C11H20N4O. The summed E-state index contributed by atoms with van der Waals surface area (Å²) in [6.45, 7) is 4.64. The summed E-state index contributed by atoms with van der Waals surface area (Å²) in [6, 6.07) is 0. The van der Waals surface area contributed by atoms with Crippen LogP contribution < -0.4 is 5.32 Å². The Bertz CT molecular complexity index is 374. The van der Waals surface area contributed by atoms with E-state index in [1.165, 1.54) is 5.56 Å². The summed E-state index contributed by atoms with van der Waals surface area (Å²) >= 11 is 0. The molecule has 1 aliphatic rings. The molecule has 1 unspecified atom stereocenters. The molecule has 2 N–H and O–H groups in total. The van der Waals surface area contributed by atoms with E-state index in [2.05, 4.69) is 15.3 Å². The van der Waals surface area contributed by atoms with Gasteiger partial charge in [0.25, 0.3) is 0 Å². The van der Waals surface area contributed by atoms with Crippen LogP contribution in [0.25, 0.3) is 0 Å². The van der Waals surface area contributed by atoms with Crippen molar-refractivity contribution in [2.24, 2.45) is 7.05 Å². The van der Waals surface area contributed by atoms with Gasteiger partial charge in [-0.3, -0.25) is 9.58 Å². The third kappa shape index (κ3) is 2.05. The number of aryl methyl sites for hydroxylation is 2. The summed E-state index contributed by atoms with van der Waals surface area (Å²) in [5, 5.41) is 17.1. The second kappa shape index (κ2) is 4.43. The zero-order valence-corrected chi connectivity index (χ0v) is 10.2. The van der Waals surface area contributed by atoms with Gasteiger partial charge in [-0.25, -0.2) is 0 Å². The van der Waals surface area contributed by atoms with E-state index in [1.807, 2.05) is 25.7 Å². The largest absolute Gasteiger partial charge is 0.392 e. The Labute approximate surface area is 96.1 Å². The molecule has 1 aliphatic heterocycles. The van der Waals surface area contributed by atoms with Gasteiger partial charge in [-0.2, -0.15) is 5.10 Å². The third-order valence-corrected chi connectivity index (χ3v) is 3.21. The number of anilines is 1. The molecule has 90 valence electrons. The van der Waals surface area contributed by atoms with Crippen molar-refractivity contribution in [3.05, 3.63) is 11.3 Å². The molecule has 5 nitrogen and oxygen atoms in total. The average Bonchev–Trinajstić information content (AvgIpc) is 2.73. The van der Waals surface area contributed by atoms with E-state index >= 15 is 0 Å². The van der Waals surface area contributed by atoms with Crippen molar-refractivity contribution in [2.45, 2.75) is 26.0 Å². The fourth-order valence-corrected chi connectivity index (χ4v) is 2.38. The van der Waals surface area contributed by atoms with Gasteiger partial charge in [0.15, 0.2) is 0 Å². The fraction of sp³-hybridized carbons (Fsp3) is 0.727. The molecule has 0 aliphatic carbocycles. The lowest BCUT2D eigenvalue weighted by Crippen LogP contribution is -2.22. The number of nitrogens with zero attached hydrogens (tertiary/aromatic N) is 3. The van der Waals surface area contributed by atoms with Crippen LogP contribution in [-0.4, -0.2) is 46.0 Å². The number of rotatable bonds is 3. The molecule has 1 aromatic rings. The van der Waals surface area contributed by atoms with Gasteiger partial charge in [-0.05, 0) is 13.3 Å². The average molecular weight is 224 g/mol. The quantitative estimate of drug-likeness (QED) is 0.777.